The van der Waals surface area contributed by atoms with E-state index in [1.807, 2.05) is 81.5 Å². The third-order valence-electron chi connectivity index (χ3n) is 2.40. The third kappa shape index (κ3) is 4.92. The maximum absolute atomic E-state index is 4.65. The minimum absolute atomic E-state index is 0.976. The molecule has 1 nitrogen and oxygen atoms in total. The Bertz CT molecular complexity index is 510. The Morgan fingerprint density at radius 3 is 1.89 bits per heavy atom. The van der Waals surface area contributed by atoms with Crippen molar-refractivity contribution in [3.8, 4) is 0 Å². The van der Waals surface area contributed by atoms with E-state index in [0.717, 1.165) is 17.0 Å². The number of hydrogen-bond donors (Lipinski definition) is 0. The normalized spacial score (nSPS) is 11.0. The summed E-state index contributed by atoms with van der Waals surface area (Å²) in [5.74, 6) is 0. The summed E-state index contributed by atoms with van der Waals surface area (Å²) in [6, 6.07) is 20.2. The van der Waals surface area contributed by atoms with Gasteiger partial charge in [-0.1, -0.05) is 68.5 Å². The van der Waals surface area contributed by atoms with Crippen molar-refractivity contribution in [2.45, 2.75) is 20.8 Å². The molecule has 0 spiro atoms. The lowest BCUT2D eigenvalue weighted by molar-refractivity contribution is 1.50. The van der Waals surface area contributed by atoms with E-state index in [9.17, 15) is 0 Å². The van der Waals surface area contributed by atoms with Crippen LogP contribution in [0.3, 0.4) is 0 Å². The molecule has 0 aromatic heterocycles. The molecule has 0 saturated carbocycles. The van der Waals surface area contributed by atoms with Crippen molar-refractivity contribution >= 4 is 11.4 Å². The Hall–Kier alpha value is -2.15. The maximum Gasteiger partial charge on any atom is 0.0705 e. The van der Waals surface area contributed by atoms with Crippen LogP contribution in [-0.2, 0) is 0 Å². The number of aliphatic imine (C=N–C) groups is 1. The van der Waals surface area contributed by atoms with Crippen LogP contribution in [-0.4, -0.2) is 5.71 Å². The molecule has 0 heterocycles. The molecule has 0 bridgehead atoms. The minimum Gasteiger partial charge on any atom is -0.248 e. The van der Waals surface area contributed by atoms with Crippen molar-refractivity contribution in [2.75, 3.05) is 0 Å². The topological polar surface area (TPSA) is 12.4 Å². The predicted molar refractivity (Wildman–Crippen MR) is 85.2 cm³/mol. The van der Waals surface area contributed by atoms with Crippen LogP contribution in [0.15, 0.2) is 77.8 Å². The molecule has 2 rings (SSSR count). The molecule has 0 radical (unpaired) electrons. The summed E-state index contributed by atoms with van der Waals surface area (Å²) in [6.07, 6.45) is 4.04. The Labute approximate surface area is 116 Å². The molecule has 0 aliphatic carbocycles. The van der Waals surface area contributed by atoms with Gasteiger partial charge in [0.25, 0.3) is 0 Å². The van der Waals surface area contributed by atoms with E-state index >= 15 is 0 Å². The highest BCUT2D eigenvalue weighted by atomic mass is 14.7. The lowest BCUT2D eigenvalue weighted by Gasteiger charge is -2.01. The molecule has 0 fully saturated rings. The van der Waals surface area contributed by atoms with E-state index in [1.54, 1.807) is 0 Å². The summed E-state index contributed by atoms with van der Waals surface area (Å²) in [5.41, 5.74) is 3.10. The first-order chi connectivity index (χ1) is 9.40. The molecule has 0 aliphatic rings. The van der Waals surface area contributed by atoms with Crippen LogP contribution in [0.25, 0.3) is 0 Å². The minimum atomic E-state index is 0.976. The lowest BCUT2D eigenvalue weighted by Crippen LogP contribution is -1.95. The fourth-order valence-corrected chi connectivity index (χ4v) is 1.61. The predicted octanol–water partition coefficient (Wildman–Crippen LogP) is 5.41. The van der Waals surface area contributed by atoms with Crippen molar-refractivity contribution in [3.05, 3.63) is 78.4 Å². The third-order valence-corrected chi connectivity index (χ3v) is 2.40. The Morgan fingerprint density at radius 1 is 0.842 bits per heavy atom. The van der Waals surface area contributed by atoms with Crippen LogP contribution < -0.4 is 0 Å². The largest absolute Gasteiger partial charge is 0.248 e. The first-order valence-corrected chi connectivity index (χ1v) is 6.72. The molecular weight excluding hydrogens is 230 g/mol. The van der Waals surface area contributed by atoms with E-state index in [-0.39, 0.29) is 0 Å². The summed E-state index contributed by atoms with van der Waals surface area (Å²) >= 11 is 0. The van der Waals surface area contributed by atoms with Crippen molar-refractivity contribution < 1.29 is 0 Å². The second-order valence-corrected chi connectivity index (χ2v) is 3.70. The van der Waals surface area contributed by atoms with Crippen LogP contribution in [0.1, 0.15) is 26.3 Å². The molecule has 2 aromatic rings. The molecule has 0 amide bonds. The van der Waals surface area contributed by atoms with Gasteiger partial charge in [0.15, 0.2) is 0 Å². The first kappa shape index (κ1) is 14.9. The van der Waals surface area contributed by atoms with E-state index in [0.29, 0.717) is 0 Å². The summed E-state index contributed by atoms with van der Waals surface area (Å²) in [4.78, 5) is 4.65. The van der Waals surface area contributed by atoms with Gasteiger partial charge < -0.3 is 0 Å². The van der Waals surface area contributed by atoms with Gasteiger partial charge in [-0.05, 0) is 25.1 Å². The number of allylic oxidation sites excluding steroid dienone is 2. The van der Waals surface area contributed by atoms with Gasteiger partial charge in [-0.3, -0.25) is 0 Å². The fraction of sp³-hybridized carbons (Fsp3) is 0.167. The second-order valence-electron chi connectivity index (χ2n) is 3.70. The van der Waals surface area contributed by atoms with Crippen LogP contribution in [0, 0.1) is 0 Å². The van der Waals surface area contributed by atoms with Gasteiger partial charge in [0.05, 0.1) is 11.4 Å². The second kappa shape index (κ2) is 8.87. The molecule has 0 unspecified atom stereocenters. The molecule has 0 aliphatic heterocycles. The quantitative estimate of drug-likeness (QED) is 0.647. The first-order valence-electron chi connectivity index (χ1n) is 6.72. The van der Waals surface area contributed by atoms with Gasteiger partial charge >= 0.3 is 0 Å². The van der Waals surface area contributed by atoms with E-state index in [4.69, 9.17) is 0 Å². The SMILES string of the molecule is C/C=C\C(=Nc1ccccc1)c1ccccc1.CC. The molecule has 2 aromatic carbocycles. The zero-order chi connectivity index (χ0) is 13.9. The molecular formula is C18H21N. The monoisotopic (exact) mass is 251 g/mol. The molecule has 0 saturated heterocycles. The van der Waals surface area contributed by atoms with Gasteiger partial charge in [-0.2, -0.15) is 0 Å². The highest BCUT2D eigenvalue weighted by molar-refractivity contribution is 6.09. The average Bonchev–Trinajstić information content (AvgIpc) is 2.51. The van der Waals surface area contributed by atoms with Crippen LogP contribution in [0.4, 0.5) is 5.69 Å². The van der Waals surface area contributed by atoms with Crippen molar-refractivity contribution in [3.63, 3.8) is 0 Å². The number of nitrogens with zero attached hydrogens (tertiary/aromatic N) is 1. The van der Waals surface area contributed by atoms with Crippen LogP contribution in [0.2, 0.25) is 0 Å². The lowest BCUT2D eigenvalue weighted by atomic mass is 10.1. The highest BCUT2D eigenvalue weighted by Crippen LogP contribution is 2.13. The number of rotatable bonds is 3. The zero-order valence-corrected chi connectivity index (χ0v) is 11.9. The smallest absolute Gasteiger partial charge is 0.0705 e. The summed E-state index contributed by atoms with van der Waals surface area (Å²) in [7, 11) is 0. The maximum atomic E-state index is 4.65. The molecule has 1 heteroatoms. The van der Waals surface area contributed by atoms with Gasteiger partial charge in [0.2, 0.25) is 0 Å². The Kier molecular flexibility index (Phi) is 6.96. The summed E-state index contributed by atoms with van der Waals surface area (Å²) in [5, 5.41) is 0. The van der Waals surface area contributed by atoms with E-state index in [1.165, 1.54) is 0 Å². The van der Waals surface area contributed by atoms with Gasteiger partial charge in [-0.15, -0.1) is 0 Å². The average molecular weight is 251 g/mol. The molecule has 0 N–H and O–H groups in total. The number of para-hydroxylation sites is 1. The standard InChI is InChI=1S/C16H15N.C2H6/c1-2-9-16(14-10-5-3-6-11-14)17-15-12-7-4-8-13-15;1-2/h2-13H,1H3;1-2H3/b9-2-,17-16?;. The van der Waals surface area contributed by atoms with Gasteiger partial charge in [-0.25, -0.2) is 4.99 Å². The Balaban J connectivity index is 0.000000861. The van der Waals surface area contributed by atoms with Crippen LogP contribution in [0.5, 0.6) is 0 Å². The van der Waals surface area contributed by atoms with Crippen LogP contribution >= 0.6 is 0 Å². The number of benzene rings is 2. The fourth-order valence-electron chi connectivity index (χ4n) is 1.61. The van der Waals surface area contributed by atoms with Crippen molar-refractivity contribution in [1.82, 2.24) is 0 Å². The molecule has 19 heavy (non-hydrogen) atoms. The Morgan fingerprint density at radius 2 is 1.37 bits per heavy atom. The van der Waals surface area contributed by atoms with Gasteiger partial charge in [0.1, 0.15) is 0 Å². The summed E-state index contributed by atoms with van der Waals surface area (Å²) < 4.78 is 0. The molecule has 0 atom stereocenters. The zero-order valence-electron chi connectivity index (χ0n) is 11.9. The highest BCUT2D eigenvalue weighted by Gasteiger charge is 1.98. The molecule has 98 valence electrons. The summed E-state index contributed by atoms with van der Waals surface area (Å²) in [6.45, 7) is 6.00. The van der Waals surface area contributed by atoms with E-state index < -0.39 is 0 Å². The van der Waals surface area contributed by atoms with Gasteiger partial charge in [0, 0.05) is 5.56 Å². The van der Waals surface area contributed by atoms with Crippen molar-refractivity contribution in [2.24, 2.45) is 4.99 Å². The van der Waals surface area contributed by atoms with E-state index in [2.05, 4.69) is 17.1 Å². The number of hydrogen-bond acceptors (Lipinski definition) is 1. The van der Waals surface area contributed by atoms with Crippen molar-refractivity contribution in [1.29, 1.82) is 0 Å².